The number of hydrogen-bond acceptors (Lipinski definition) is 3. The lowest BCUT2D eigenvalue weighted by atomic mass is 9.95. The average molecular weight is 238 g/mol. The fraction of sp³-hybridized carbons (Fsp3) is 0.250. The highest BCUT2D eigenvalue weighted by Crippen LogP contribution is 2.30. The molecule has 16 heavy (non-hydrogen) atoms. The fourth-order valence-electron chi connectivity index (χ4n) is 1.89. The van der Waals surface area contributed by atoms with E-state index in [2.05, 4.69) is 0 Å². The minimum absolute atomic E-state index is 0.431. The smallest absolute Gasteiger partial charge is 0.120 e. The second-order valence-electron chi connectivity index (χ2n) is 3.76. The topological polar surface area (TPSA) is 40.5 Å². The summed E-state index contributed by atoms with van der Waals surface area (Å²) in [6.45, 7) is 0.431. The molecule has 0 bridgehead atoms. The van der Waals surface area contributed by atoms with Crippen LogP contribution in [-0.2, 0) is 11.3 Å². The molecule has 1 heterocycles. The van der Waals surface area contributed by atoms with E-state index in [1.54, 1.807) is 6.20 Å². The van der Waals surface area contributed by atoms with Crippen molar-refractivity contribution in [3.05, 3.63) is 40.5 Å². The van der Waals surface area contributed by atoms with Crippen LogP contribution >= 0.6 is 11.6 Å². The Morgan fingerprint density at radius 2 is 2.31 bits per heavy atom. The molecule has 0 radical (unpaired) electrons. The maximum atomic E-state index is 10.4. The van der Waals surface area contributed by atoms with Crippen LogP contribution in [0.1, 0.15) is 24.0 Å². The van der Waals surface area contributed by atoms with Crippen molar-refractivity contribution in [2.45, 2.75) is 19.4 Å². The number of hydroxylamine groups is 2. The van der Waals surface area contributed by atoms with Crippen LogP contribution in [0.15, 0.2) is 24.4 Å². The molecular weight excluding hydrogens is 226 g/mol. The quantitative estimate of drug-likeness (QED) is 0.822. The van der Waals surface area contributed by atoms with E-state index >= 15 is 0 Å². The van der Waals surface area contributed by atoms with Gasteiger partial charge in [-0.15, -0.1) is 0 Å². The number of carbonyl (C=O) groups is 1. The van der Waals surface area contributed by atoms with Gasteiger partial charge in [-0.05, 0) is 35.3 Å². The molecule has 0 spiro atoms. The predicted molar refractivity (Wildman–Crippen MR) is 62.1 cm³/mol. The molecule has 4 heteroatoms. The zero-order valence-corrected chi connectivity index (χ0v) is 9.44. The van der Waals surface area contributed by atoms with E-state index in [0.29, 0.717) is 24.4 Å². The first-order valence-corrected chi connectivity index (χ1v) is 5.47. The van der Waals surface area contributed by atoms with Crippen molar-refractivity contribution < 1.29 is 10.0 Å². The van der Waals surface area contributed by atoms with E-state index in [1.165, 1.54) is 0 Å². The van der Waals surface area contributed by atoms with Crippen molar-refractivity contribution in [2.75, 3.05) is 0 Å². The molecule has 2 rings (SSSR count). The molecule has 1 aliphatic heterocycles. The second-order valence-corrected chi connectivity index (χ2v) is 4.20. The van der Waals surface area contributed by atoms with Gasteiger partial charge in [0, 0.05) is 17.6 Å². The van der Waals surface area contributed by atoms with Crippen molar-refractivity contribution in [3.63, 3.8) is 0 Å². The molecule has 0 unspecified atom stereocenters. The van der Waals surface area contributed by atoms with E-state index in [9.17, 15) is 10.0 Å². The van der Waals surface area contributed by atoms with Crippen LogP contribution in [0.25, 0.3) is 5.57 Å². The molecule has 0 aliphatic carbocycles. The lowest BCUT2D eigenvalue weighted by Gasteiger charge is -2.24. The first-order chi connectivity index (χ1) is 7.70. The molecule has 1 aromatic rings. The van der Waals surface area contributed by atoms with Crippen LogP contribution in [0.3, 0.4) is 0 Å². The monoisotopic (exact) mass is 237 g/mol. The number of carbonyl (C=O) groups excluding carboxylic acids is 1. The normalized spacial score (nSPS) is 14.4. The molecule has 1 N–H and O–H groups in total. The molecule has 84 valence electrons. The number of halogens is 1. The lowest BCUT2D eigenvalue weighted by Crippen LogP contribution is -2.17. The Morgan fingerprint density at radius 3 is 3.06 bits per heavy atom. The minimum Gasteiger partial charge on any atom is -0.303 e. The highest BCUT2D eigenvalue weighted by Gasteiger charge is 2.16. The van der Waals surface area contributed by atoms with Crippen LogP contribution in [0, 0.1) is 0 Å². The molecular formula is C12H12ClNO2. The zero-order chi connectivity index (χ0) is 11.5. The Balaban J connectivity index is 2.35. The third-order valence-electron chi connectivity index (χ3n) is 2.58. The van der Waals surface area contributed by atoms with Gasteiger partial charge < -0.3 is 4.79 Å². The molecule has 0 amide bonds. The van der Waals surface area contributed by atoms with Crippen LogP contribution in [0.4, 0.5) is 0 Å². The molecule has 0 saturated carbocycles. The first kappa shape index (κ1) is 11.2. The third-order valence-corrected chi connectivity index (χ3v) is 2.82. The summed E-state index contributed by atoms with van der Waals surface area (Å²) in [5.41, 5.74) is 3.02. The highest BCUT2D eigenvalue weighted by atomic mass is 35.5. The third kappa shape index (κ3) is 2.26. The number of allylic oxidation sites excluding steroid dienone is 1. The van der Waals surface area contributed by atoms with Gasteiger partial charge in [-0.25, -0.2) is 0 Å². The van der Waals surface area contributed by atoms with Gasteiger partial charge in [0.25, 0.3) is 0 Å². The lowest BCUT2D eigenvalue weighted by molar-refractivity contribution is -0.107. The predicted octanol–water partition coefficient (Wildman–Crippen LogP) is 2.86. The molecule has 1 aromatic carbocycles. The highest BCUT2D eigenvalue weighted by molar-refractivity contribution is 6.30. The average Bonchev–Trinajstić information content (AvgIpc) is 2.25. The van der Waals surface area contributed by atoms with E-state index in [4.69, 9.17) is 11.6 Å². The van der Waals surface area contributed by atoms with Gasteiger partial charge in [0.05, 0.1) is 6.54 Å². The van der Waals surface area contributed by atoms with Gasteiger partial charge in [-0.3, -0.25) is 10.3 Å². The second kappa shape index (κ2) is 4.68. The summed E-state index contributed by atoms with van der Waals surface area (Å²) < 4.78 is 0. The molecule has 0 aromatic heterocycles. The summed E-state index contributed by atoms with van der Waals surface area (Å²) in [5.74, 6) is 0. The van der Waals surface area contributed by atoms with E-state index in [-0.39, 0.29) is 0 Å². The molecule has 0 atom stereocenters. The van der Waals surface area contributed by atoms with Crippen molar-refractivity contribution in [1.29, 1.82) is 0 Å². The van der Waals surface area contributed by atoms with Gasteiger partial charge in [-0.1, -0.05) is 17.7 Å². The number of hydrogen-bond donors (Lipinski definition) is 1. The Hall–Kier alpha value is -1.32. The minimum atomic E-state index is 0.431. The van der Waals surface area contributed by atoms with Crippen LogP contribution in [0.5, 0.6) is 0 Å². The summed E-state index contributed by atoms with van der Waals surface area (Å²) in [5, 5.41) is 11.3. The van der Waals surface area contributed by atoms with Crippen molar-refractivity contribution in [3.8, 4) is 0 Å². The summed E-state index contributed by atoms with van der Waals surface area (Å²) in [6.07, 6.45) is 3.64. The molecule has 1 aliphatic rings. The van der Waals surface area contributed by atoms with Crippen LogP contribution < -0.4 is 0 Å². The summed E-state index contributed by atoms with van der Waals surface area (Å²) >= 11 is 5.90. The number of benzene rings is 1. The molecule has 3 nitrogen and oxygen atoms in total. The number of aldehydes is 1. The Bertz CT molecular complexity index is 443. The van der Waals surface area contributed by atoms with Crippen LogP contribution in [-0.4, -0.2) is 16.6 Å². The standard InChI is InChI=1S/C12H12ClNO2/c13-11-3-4-12-9(2-1-5-15)7-14(16)8-10(12)6-11/h3-7,16H,1-2,8H2. The SMILES string of the molecule is O=CCCC1=CN(O)Cc2cc(Cl)ccc21. The maximum absolute atomic E-state index is 10.4. The first-order valence-electron chi connectivity index (χ1n) is 5.09. The summed E-state index contributed by atoms with van der Waals surface area (Å²) in [4.78, 5) is 10.4. The number of rotatable bonds is 3. The maximum Gasteiger partial charge on any atom is 0.120 e. The van der Waals surface area contributed by atoms with Crippen molar-refractivity contribution >= 4 is 23.5 Å². The number of fused-ring (bicyclic) bond motifs is 1. The summed E-state index contributed by atoms with van der Waals surface area (Å²) in [7, 11) is 0. The largest absolute Gasteiger partial charge is 0.303 e. The number of nitrogens with zero attached hydrogens (tertiary/aromatic N) is 1. The molecule has 0 saturated heterocycles. The van der Waals surface area contributed by atoms with E-state index in [0.717, 1.165) is 28.0 Å². The van der Waals surface area contributed by atoms with Gasteiger partial charge in [0.2, 0.25) is 0 Å². The Morgan fingerprint density at radius 1 is 1.50 bits per heavy atom. The molecule has 0 fully saturated rings. The van der Waals surface area contributed by atoms with E-state index in [1.807, 2.05) is 18.2 Å². The Kier molecular flexibility index (Phi) is 3.27. The van der Waals surface area contributed by atoms with Gasteiger partial charge >= 0.3 is 0 Å². The van der Waals surface area contributed by atoms with Gasteiger partial charge in [0.1, 0.15) is 6.29 Å². The summed E-state index contributed by atoms with van der Waals surface area (Å²) in [6, 6.07) is 5.59. The Labute approximate surface area is 98.9 Å². The van der Waals surface area contributed by atoms with Crippen molar-refractivity contribution in [2.24, 2.45) is 0 Å². The van der Waals surface area contributed by atoms with Crippen LogP contribution in [0.2, 0.25) is 5.02 Å². The van der Waals surface area contributed by atoms with Crippen molar-refractivity contribution in [1.82, 2.24) is 5.06 Å². The fourth-order valence-corrected chi connectivity index (χ4v) is 2.08. The van der Waals surface area contributed by atoms with Gasteiger partial charge in [0.15, 0.2) is 0 Å². The van der Waals surface area contributed by atoms with Gasteiger partial charge in [-0.2, -0.15) is 0 Å². The zero-order valence-electron chi connectivity index (χ0n) is 8.69. The van der Waals surface area contributed by atoms with E-state index < -0.39 is 0 Å².